The van der Waals surface area contributed by atoms with Gasteiger partial charge in [-0.1, -0.05) is 29.0 Å². The zero-order valence-electron chi connectivity index (χ0n) is 14.3. The summed E-state index contributed by atoms with van der Waals surface area (Å²) < 4.78 is 6.00. The SMILES string of the molecule is Cc1ccc(NC(=O)COC(=O)c2cc3sc(N(C)C)nc3s2)c(Cl)c1. The number of ether oxygens (including phenoxy) is 1. The van der Waals surface area contributed by atoms with E-state index < -0.39 is 11.9 Å². The number of esters is 1. The van der Waals surface area contributed by atoms with Gasteiger partial charge in [0.2, 0.25) is 0 Å². The number of benzene rings is 1. The Morgan fingerprint density at radius 2 is 2.04 bits per heavy atom. The van der Waals surface area contributed by atoms with E-state index in [0.29, 0.717) is 15.6 Å². The zero-order chi connectivity index (χ0) is 18.8. The minimum Gasteiger partial charge on any atom is -0.451 e. The molecule has 0 saturated carbocycles. The number of anilines is 2. The molecule has 0 fully saturated rings. The molecule has 0 bridgehead atoms. The van der Waals surface area contributed by atoms with Gasteiger partial charge >= 0.3 is 5.97 Å². The van der Waals surface area contributed by atoms with E-state index in [1.807, 2.05) is 32.0 Å². The molecule has 26 heavy (non-hydrogen) atoms. The predicted octanol–water partition coefficient (Wildman–Crippen LogP) is 4.18. The third-order valence-electron chi connectivity index (χ3n) is 3.39. The van der Waals surface area contributed by atoms with Gasteiger partial charge in [0.25, 0.3) is 5.91 Å². The number of thiophene rings is 1. The van der Waals surface area contributed by atoms with Crippen LogP contribution in [0.3, 0.4) is 0 Å². The first kappa shape index (κ1) is 18.6. The van der Waals surface area contributed by atoms with Gasteiger partial charge in [0.05, 0.1) is 15.4 Å². The number of nitrogens with one attached hydrogen (secondary N) is 1. The summed E-state index contributed by atoms with van der Waals surface area (Å²) in [6.45, 7) is 1.52. The molecule has 1 N–H and O–H groups in total. The van der Waals surface area contributed by atoms with Crippen LogP contribution in [-0.2, 0) is 9.53 Å². The maximum absolute atomic E-state index is 12.1. The summed E-state index contributed by atoms with van der Waals surface area (Å²) in [5, 5.41) is 3.94. The highest BCUT2D eigenvalue weighted by Crippen LogP contribution is 2.34. The van der Waals surface area contributed by atoms with Crippen LogP contribution in [0.15, 0.2) is 24.3 Å². The first-order valence-electron chi connectivity index (χ1n) is 7.64. The highest BCUT2D eigenvalue weighted by atomic mass is 35.5. The van der Waals surface area contributed by atoms with E-state index in [2.05, 4.69) is 10.3 Å². The average molecular weight is 410 g/mol. The molecule has 1 amide bonds. The zero-order valence-corrected chi connectivity index (χ0v) is 16.7. The van der Waals surface area contributed by atoms with Crippen LogP contribution in [-0.4, -0.2) is 37.6 Å². The molecule has 9 heteroatoms. The first-order chi connectivity index (χ1) is 12.3. The summed E-state index contributed by atoms with van der Waals surface area (Å²) in [5.41, 5.74) is 1.47. The maximum atomic E-state index is 12.1. The number of aromatic nitrogens is 1. The molecule has 136 valence electrons. The lowest BCUT2D eigenvalue weighted by Crippen LogP contribution is -2.20. The summed E-state index contributed by atoms with van der Waals surface area (Å²) in [7, 11) is 3.83. The topological polar surface area (TPSA) is 71.5 Å². The fourth-order valence-electron chi connectivity index (χ4n) is 2.13. The van der Waals surface area contributed by atoms with E-state index in [-0.39, 0.29) is 6.61 Å². The highest BCUT2D eigenvalue weighted by molar-refractivity contribution is 7.29. The van der Waals surface area contributed by atoms with Gasteiger partial charge in [0.15, 0.2) is 11.7 Å². The maximum Gasteiger partial charge on any atom is 0.348 e. The van der Waals surface area contributed by atoms with E-state index in [4.69, 9.17) is 16.3 Å². The molecule has 0 aliphatic heterocycles. The van der Waals surface area contributed by atoms with Crippen LogP contribution in [0, 0.1) is 6.92 Å². The number of thiazole rings is 1. The number of carbonyl (C=O) groups excluding carboxylic acids is 2. The van der Waals surface area contributed by atoms with Gasteiger partial charge < -0.3 is 15.0 Å². The minimum atomic E-state index is -0.545. The summed E-state index contributed by atoms with van der Waals surface area (Å²) in [6.07, 6.45) is 0. The number of hydrogen-bond donors (Lipinski definition) is 1. The Kier molecular flexibility index (Phi) is 5.45. The molecule has 0 saturated heterocycles. The Hall–Kier alpha value is -2.16. The Labute approximate surface area is 163 Å². The number of nitrogens with zero attached hydrogens (tertiary/aromatic N) is 2. The Morgan fingerprint density at radius 3 is 2.69 bits per heavy atom. The normalized spacial score (nSPS) is 10.8. The Balaban J connectivity index is 1.59. The number of hydrogen-bond acceptors (Lipinski definition) is 7. The third kappa shape index (κ3) is 4.14. The molecule has 2 heterocycles. The number of fused-ring (bicyclic) bond motifs is 1. The van der Waals surface area contributed by atoms with Crippen molar-refractivity contribution in [2.45, 2.75) is 6.92 Å². The van der Waals surface area contributed by atoms with Crippen molar-refractivity contribution in [3.8, 4) is 0 Å². The largest absolute Gasteiger partial charge is 0.451 e. The van der Waals surface area contributed by atoms with Crippen LogP contribution in [0.4, 0.5) is 10.8 Å². The van der Waals surface area contributed by atoms with Gasteiger partial charge in [0.1, 0.15) is 9.71 Å². The molecule has 0 unspecified atom stereocenters. The summed E-state index contributed by atoms with van der Waals surface area (Å²) >= 11 is 8.81. The molecule has 0 radical (unpaired) electrons. The quantitative estimate of drug-likeness (QED) is 0.640. The van der Waals surface area contributed by atoms with Gasteiger partial charge in [-0.2, -0.15) is 0 Å². The van der Waals surface area contributed by atoms with Crippen molar-refractivity contribution in [2.24, 2.45) is 0 Å². The van der Waals surface area contributed by atoms with Crippen molar-refractivity contribution in [1.29, 1.82) is 0 Å². The fraction of sp³-hybridized carbons (Fsp3) is 0.235. The van der Waals surface area contributed by atoms with Crippen molar-refractivity contribution >= 4 is 66.5 Å². The minimum absolute atomic E-state index is 0.384. The van der Waals surface area contributed by atoms with E-state index in [9.17, 15) is 9.59 Å². The van der Waals surface area contributed by atoms with Crippen LogP contribution >= 0.6 is 34.3 Å². The lowest BCUT2D eigenvalue weighted by atomic mass is 10.2. The molecule has 3 aromatic rings. The molecular weight excluding hydrogens is 394 g/mol. The van der Waals surface area contributed by atoms with Crippen LogP contribution in [0.5, 0.6) is 0 Å². The molecule has 0 spiro atoms. The number of aryl methyl sites for hydroxylation is 1. The second-order valence-corrected chi connectivity index (χ2v) is 8.23. The number of halogens is 1. The molecule has 2 aromatic heterocycles. The van der Waals surface area contributed by atoms with E-state index in [1.165, 1.54) is 22.7 Å². The number of rotatable bonds is 5. The molecular formula is C17H16ClN3O3S2. The Bertz CT molecular complexity index is 949. The van der Waals surface area contributed by atoms with Crippen LogP contribution in [0.2, 0.25) is 5.02 Å². The molecule has 0 aliphatic carbocycles. The lowest BCUT2D eigenvalue weighted by molar-refractivity contribution is -0.119. The number of amides is 1. The van der Waals surface area contributed by atoms with E-state index in [1.54, 1.807) is 18.2 Å². The second-order valence-electron chi connectivity index (χ2n) is 5.78. The molecule has 1 aromatic carbocycles. The van der Waals surface area contributed by atoms with Gasteiger partial charge in [-0.15, -0.1) is 11.3 Å². The monoisotopic (exact) mass is 409 g/mol. The molecule has 0 atom stereocenters. The predicted molar refractivity (Wildman–Crippen MR) is 107 cm³/mol. The summed E-state index contributed by atoms with van der Waals surface area (Å²) in [4.78, 5) is 31.7. The summed E-state index contributed by atoms with van der Waals surface area (Å²) in [6, 6.07) is 7.03. The average Bonchev–Trinajstić information content (AvgIpc) is 3.14. The highest BCUT2D eigenvalue weighted by Gasteiger charge is 2.17. The van der Waals surface area contributed by atoms with Gasteiger partial charge in [-0.25, -0.2) is 9.78 Å². The van der Waals surface area contributed by atoms with Gasteiger partial charge in [0, 0.05) is 14.1 Å². The fourth-order valence-corrected chi connectivity index (χ4v) is 4.44. The first-order valence-corrected chi connectivity index (χ1v) is 9.65. The van der Waals surface area contributed by atoms with Crippen molar-refractivity contribution < 1.29 is 14.3 Å². The summed E-state index contributed by atoms with van der Waals surface area (Å²) in [5.74, 6) is -0.993. The van der Waals surface area contributed by atoms with Crippen molar-refractivity contribution in [3.05, 3.63) is 39.7 Å². The van der Waals surface area contributed by atoms with Crippen LogP contribution < -0.4 is 10.2 Å². The van der Waals surface area contributed by atoms with Crippen LogP contribution in [0.25, 0.3) is 9.53 Å². The van der Waals surface area contributed by atoms with Crippen molar-refractivity contribution in [2.75, 3.05) is 30.9 Å². The third-order valence-corrected chi connectivity index (χ3v) is 6.02. The van der Waals surface area contributed by atoms with E-state index in [0.717, 1.165) is 20.2 Å². The smallest absolute Gasteiger partial charge is 0.348 e. The molecule has 3 rings (SSSR count). The van der Waals surface area contributed by atoms with E-state index >= 15 is 0 Å². The standard InChI is InChI=1S/C17H16ClN3O3S2/c1-9-4-5-11(10(18)6-9)19-14(22)8-24-16(23)13-7-12-15(25-13)20-17(26-12)21(2)3/h4-7H,8H2,1-3H3,(H,19,22). The number of carbonyl (C=O) groups is 2. The molecule has 6 nitrogen and oxygen atoms in total. The van der Waals surface area contributed by atoms with Gasteiger partial charge in [-0.3, -0.25) is 4.79 Å². The Morgan fingerprint density at radius 1 is 1.27 bits per heavy atom. The second kappa shape index (κ2) is 7.61. The van der Waals surface area contributed by atoms with Gasteiger partial charge in [-0.05, 0) is 30.7 Å². The van der Waals surface area contributed by atoms with Crippen molar-refractivity contribution in [3.63, 3.8) is 0 Å². The molecule has 0 aliphatic rings. The van der Waals surface area contributed by atoms with Crippen molar-refractivity contribution in [1.82, 2.24) is 4.98 Å². The lowest BCUT2D eigenvalue weighted by Gasteiger charge is -2.08. The van der Waals surface area contributed by atoms with Crippen LogP contribution in [0.1, 0.15) is 15.2 Å².